The Morgan fingerprint density at radius 2 is 2.08 bits per heavy atom. The standard InChI is InChI=1S/C18H22N4O4/c1-18(2,3)26-17(25)21-8-7-12-13(15(21)20)11-6-4-5-10(9-19)14(11)22(12)16(23)24/h4-6,12-13,15H,7-8,20H2,1-3H3,(H,23,24). The minimum atomic E-state index is -1.13. The average molecular weight is 358 g/mol. The minimum absolute atomic E-state index is 0.287. The summed E-state index contributed by atoms with van der Waals surface area (Å²) in [6, 6.07) is 6.71. The maximum atomic E-state index is 12.5. The highest BCUT2D eigenvalue weighted by Crippen LogP contribution is 2.48. The Morgan fingerprint density at radius 3 is 2.65 bits per heavy atom. The number of nitrogens with zero attached hydrogens (tertiary/aromatic N) is 3. The Hall–Kier alpha value is -2.79. The van der Waals surface area contributed by atoms with Crippen LogP contribution in [0.1, 0.15) is 44.2 Å². The molecule has 1 aromatic rings. The predicted octanol–water partition coefficient (Wildman–Crippen LogP) is 2.43. The lowest BCUT2D eigenvalue weighted by molar-refractivity contribution is 0.00608. The van der Waals surface area contributed by atoms with Crippen LogP contribution < -0.4 is 10.6 Å². The molecule has 26 heavy (non-hydrogen) atoms. The van der Waals surface area contributed by atoms with E-state index in [2.05, 4.69) is 6.07 Å². The quantitative estimate of drug-likeness (QED) is 0.735. The van der Waals surface area contributed by atoms with Crippen LogP contribution in [0.3, 0.4) is 0 Å². The van der Waals surface area contributed by atoms with Crippen molar-refractivity contribution in [3.63, 3.8) is 0 Å². The summed E-state index contributed by atoms with van der Waals surface area (Å²) in [7, 11) is 0. The number of likely N-dealkylation sites (tertiary alicyclic amines) is 1. The molecule has 0 saturated carbocycles. The summed E-state index contributed by atoms with van der Waals surface area (Å²) in [5.74, 6) is -0.407. The third-order valence-corrected chi connectivity index (χ3v) is 4.76. The molecule has 8 heteroatoms. The fraction of sp³-hybridized carbons (Fsp3) is 0.500. The fourth-order valence-electron chi connectivity index (χ4n) is 3.83. The van der Waals surface area contributed by atoms with Gasteiger partial charge in [-0.1, -0.05) is 12.1 Å². The van der Waals surface area contributed by atoms with Crippen LogP contribution in [0, 0.1) is 11.3 Å². The van der Waals surface area contributed by atoms with Gasteiger partial charge in [0.2, 0.25) is 0 Å². The first kappa shape index (κ1) is 18.0. The number of nitrogens with two attached hydrogens (primary N) is 1. The summed E-state index contributed by atoms with van der Waals surface area (Å²) in [5, 5.41) is 19.1. The van der Waals surface area contributed by atoms with Crippen molar-refractivity contribution in [3.8, 4) is 6.07 Å². The number of piperidine rings is 1. The van der Waals surface area contributed by atoms with Crippen LogP contribution in [0.5, 0.6) is 0 Å². The number of nitriles is 1. The van der Waals surface area contributed by atoms with Crippen molar-refractivity contribution in [2.45, 2.75) is 50.9 Å². The first-order valence-electron chi connectivity index (χ1n) is 8.46. The normalized spacial score (nSPS) is 24.5. The number of benzene rings is 1. The second kappa shape index (κ2) is 6.18. The van der Waals surface area contributed by atoms with Gasteiger partial charge in [0.1, 0.15) is 11.7 Å². The second-order valence-corrected chi connectivity index (χ2v) is 7.55. The van der Waals surface area contributed by atoms with E-state index in [0.717, 1.165) is 0 Å². The zero-order chi connectivity index (χ0) is 19.2. The van der Waals surface area contributed by atoms with E-state index in [0.29, 0.717) is 17.7 Å². The van der Waals surface area contributed by atoms with Crippen molar-refractivity contribution in [1.29, 1.82) is 5.26 Å². The molecule has 2 amide bonds. The summed E-state index contributed by atoms with van der Waals surface area (Å²) in [4.78, 5) is 27.0. The van der Waals surface area contributed by atoms with E-state index in [9.17, 15) is 20.0 Å². The summed E-state index contributed by atoms with van der Waals surface area (Å²) in [5.41, 5.74) is 7.06. The van der Waals surface area contributed by atoms with Gasteiger partial charge in [-0.3, -0.25) is 9.80 Å². The topological polar surface area (TPSA) is 120 Å². The Balaban J connectivity index is 2.00. The number of hydrogen-bond donors (Lipinski definition) is 2. The molecule has 1 aromatic carbocycles. The number of carbonyl (C=O) groups excluding carboxylic acids is 1. The highest BCUT2D eigenvalue weighted by Gasteiger charge is 2.51. The number of ether oxygens (including phenoxy) is 1. The van der Waals surface area contributed by atoms with Crippen molar-refractivity contribution in [2.24, 2.45) is 5.73 Å². The number of para-hydroxylation sites is 1. The van der Waals surface area contributed by atoms with Crippen molar-refractivity contribution in [1.82, 2.24) is 4.90 Å². The van der Waals surface area contributed by atoms with E-state index >= 15 is 0 Å². The smallest absolute Gasteiger partial charge is 0.412 e. The third kappa shape index (κ3) is 2.84. The zero-order valence-electron chi connectivity index (χ0n) is 15.0. The van der Waals surface area contributed by atoms with E-state index in [1.54, 1.807) is 39.0 Å². The Labute approximate surface area is 151 Å². The van der Waals surface area contributed by atoms with E-state index in [1.165, 1.54) is 9.80 Å². The van der Waals surface area contributed by atoms with E-state index in [-0.39, 0.29) is 12.1 Å². The summed E-state index contributed by atoms with van der Waals surface area (Å²) >= 11 is 0. The van der Waals surface area contributed by atoms with Gasteiger partial charge < -0.3 is 15.6 Å². The number of hydrogen-bond acceptors (Lipinski definition) is 5. The summed E-state index contributed by atoms with van der Waals surface area (Å²) in [6.45, 7) is 5.62. The first-order valence-corrected chi connectivity index (χ1v) is 8.46. The molecule has 1 fully saturated rings. The summed E-state index contributed by atoms with van der Waals surface area (Å²) < 4.78 is 5.43. The molecule has 8 nitrogen and oxygen atoms in total. The van der Waals surface area contributed by atoms with Gasteiger partial charge in [0, 0.05) is 12.5 Å². The van der Waals surface area contributed by atoms with E-state index < -0.39 is 35.9 Å². The summed E-state index contributed by atoms with van der Waals surface area (Å²) in [6.07, 6.45) is -1.96. The Morgan fingerprint density at radius 1 is 1.38 bits per heavy atom. The first-order chi connectivity index (χ1) is 12.2. The number of amides is 2. The van der Waals surface area contributed by atoms with Crippen LogP contribution in [-0.2, 0) is 4.74 Å². The molecule has 2 heterocycles. The van der Waals surface area contributed by atoms with Gasteiger partial charge in [-0.25, -0.2) is 9.59 Å². The fourth-order valence-corrected chi connectivity index (χ4v) is 3.83. The Kier molecular flexibility index (Phi) is 4.28. The van der Waals surface area contributed by atoms with Crippen LogP contribution in [0.4, 0.5) is 15.3 Å². The SMILES string of the molecule is CC(C)(C)OC(=O)N1CCC2C(c3cccc(C#N)c3N2C(=O)O)C1N. The number of fused-ring (bicyclic) bond motifs is 3. The molecule has 3 atom stereocenters. The van der Waals surface area contributed by atoms with Crippen molar-refractivity contribution in [2.75, 3.05) is 11.4 Å². The van der Waals surface area contributed by atoms with Crippen molar-refractivity contribution >= 4 is 17.9 Å². The molecule has 0 bridgehead atoms. The van der Waals surface area contributed by atoms with Gasteiger partial charge in [-0.2, -0.15) is 5.26 Å². The van der Waals surface area contributed by atoms with Gasteiger partial charge >= 0.3 is 12.2 Å². The number of rotatable bonds is 0. The number of carbonyl (C=O) groups is 2. The molecule has 3 N–H and O–H groups in total. The molecule has 1 saturated heterocycles. The monoisotopic (exact) mass is 358 g/mol. The number of carboxylic acid groups (broad SMARTS) is 1. The lowest BCUT2D eigenvalue weighted by atomic mass is 9.86. The second-order valence-electron chi connectivity index (χ2n) is 7.55. The van der Waals surface area contributed by atoms with Gasteiger partial charge in [-0.05, 0) is 38.8 Å². The maximum absolute atomic E-state index is 12.5. The van der Waals surface area contributed by atoms with Crippen molar-refractivity contribution < 1.29 is 19.4 Å². The van der Waals surface area contributed by atoms with Gasteiger partial charge in [-0.15, -0.1) is 0 Å². The largest absolute Gasteiger partial charge is 0.465 e. The molecule has 2 aliphatic heterocycles. The average Bonchev–Trinajstić information content (AvgIpc) is 2.88. The van der Waals surface area contributed by atoms with Crippen LogP contribution in [0.25, 0.3) is 0 Å². The molecule has 0 aliphatic carbocycles. The molecular weight excluding hydrogens is 336 g/mol. The number of anilines is 1. The third-order valence-electron chi connectivity index (χ3n) is 4.76. The molecule has 3 rings (SSSR count). The molecule has 138 valence electrons. The van der Waals surface area contributed by atoms with Crippen LogP contribution >= 0.6 is 0 Å². The van der Waals surface area contributed by atoms with E-state index in [1.807, 2.05) is 0 Å². The molecular formula is C18H22N4O4. The van der Waals surface area contributed by atoms with E-state index in [4.69, 9.17) is 10.5 Å². The maximum Gasteiger partial charge on any atom is 0.412 e. The van der Waals surface area contributed by atoms with Crippen molar-refractivity contribution in [3.05, 3.63) is 29.3 Å². The highest BCUT2D eigenvalue weighted by molar-refractivity contribution is 5.93. The van der Waals surface area contributed by atoms with Crippen LogP contribution in [0.2, 0.25) is 0 Å². The minimum Gasteiger partial charge on any atom is -0.465 e. The highest BCUT2D eigenvalue weighted by atomic mass is 16.6. The Bertz CT molecular complexity index is 795. The molecule has 0 spiro atoms. The molecule has 0 radical (unpaired) electrons. The lowest BCUT2D eigenvalue weighted by Crippen LogP contribution is -2.59. The van der Waals surface area contributed by atoms with Gasteiger partial charge in [0.25, 0.3) is 0 Å². The van der Waals surface area contributed by atoms with Crippen LogP contribution in [-0.4, -0.2) is 46.5 Å². The lowest BCUT2D eigenvalue weighted by Gasteiger charge is -2.42. The van der Waals surface area contributed by atoms with Gasteiger partial charge in [0.05, 0.1) is 23.5 Å². The van der Waals surface area contributed by atoms with Gasteiger partial charge in [0.15, 0.2) is 0 Å². The van der Waals surface area contributed by atoms with Crippen LogP contribution in [0.15, 0.2) is 18.2 Å². The molecule has 0 aromatic heterocycles. The zero-order valence-corrected chi connectivity index (χ0v) is 15.0. The molecule has 3 unspecified atom stereocenters. The predicted molar refractivity (Wildman–Crippen MR) is 93.7 cm³/mol. The molecule has 2 aliphatic rings.